The van der Waals surface area contributed by atoms with Gasteiger partial charge in [0.25, 0.3) is 0 Å². The third-order valence-electron chi connectivity index (χ3n) is 4.29. The lowest BCUT2D eigenvalue weighted by Crippen LogP contribution is -2.00. The second-order valence-electron chi connectivity index (χ2n) is 6.60. The smallest absolute Gasteiger partial charge is 0.337 e. The van der Waals surface area contributed by atoms with E-state index >= 15 is 0 Å². The van der Waals surface area contributed by atoms with Gasteiger partial charge in [0.05, 0.1) is 30.9 Å². The highest BCUT2D eigenvalue weighted by Gasteiger charge is 2.03. The van der Waals surface area contributed by atoms with E-state index in [-0.39, 0.29) is 17.5 Å². The van der Waals surface area contributed by atoms with Crippen LogP contribution in [0.1, 0.15) is 47.8 Å². The molecule has 0 aromatic heterocycles. The Balaban J connectivity index is 0.000000278. The van der Waals surface area contributed by atoms with Crippen molar-refractivity contribution in [2.75, 3.05) is 14.2 Å². The average Bonchev–Trinajstić information content (AvgIpc) is 2.94. The van der Waals surface area contributed by atoms with Gasteiger partial charge >= 0.3 is 17.9 Å². The number of ether oxygens (including phenoxy) is 2. The zero-order valence-corrected chi connectivity index (χ0v) is 22.9. The van der Waals surface area contributed by atoms with Crippen LogP contribution in [0.3, 0.4) is 0 Å². The summed E-state index contributed by atoms with van der Waals surface area (Å²) in [5.41, 5.74) is 3.71. The molecular formula is C29H20Br2O6. The minimum absolute atomic E-state index is 0.273. The first-order valence-electron chi connectivity index (χ1n) is 10.2. The van der Waals surface area contributed by atoms with Crippen molar-refractivity contribution < 1.29 is 29.0 Å². The Morgan fingerprint density at radius 1 is 0.649 bits per heavy atom. The summed E-state index contributed by atoms with van der Waals surface area (Å²) in [7, 11) is 2.70. The SMILES string of the molecule is C#Cc1ccc(C(=O)OC)cc1.COC(=O)c1ccc(C#CBr)cc1.O=C(O)c1ccc(C#CBr)cc1. The summed E-state index contributed by atoms with van der Waals surface area (Å²) < 4.78 is 9.07. The van der Waals surface area contributed by atoms with Crippen molar-refractivity contribution in [2.24, 2.45) is 0 Å². The number of aromatic carboxylic acids is 1. The number of rotatable bonds is 3. The topological polar surface area (TPSA) is 89.9 Å². The Bertz CT molecular complexity index is 1360. The molecule has 37 heavy (non-hydrogen) atoms. The minimum Gasteiger partial charge on any atom is -0.478 e. The van der Waals surface area contributed by atoms with Crippen LogP contribution in [0.4, 0.5) is 0 Å². The number of terminal acetylenes is 1. The Morgan fingerprint density at radius 2 is 0.973 bits per heavy atom. The lowest BCUT2D eigenvalue weighted by molar-refractivity contribution is 0.0592. The van der Waals surface area contributed by atoms with Crippen molar-refractivity contribution in [2.45, 2.75) is 0 Å². The van der Waals surface area contributed by atoms with E-state index in [9.17, 15) is 14.4 Å². The van der Waals surface area contributed by atoms with Gasteiger partial charge in [0.15, 0.2) is 0 Å². The molecular weight excluding hydrogens is 604 g/mol. The molecule has 3 aromatic rings. The number of carbonyl (C=O) groups excluding carboxylic acids is 2. The van der Waals surface area contributed by atoms with Crippen LogP contribution in [0, 0.1) is 33.8 Å². The molecule has 0 radical (unpaired) electrons. The zero-order chi connectivity index (χ0) is 27.6. The molecule has 0 aliphatic heterocycles. The van der Waals surface area contributed by atoms with Crippen LogP contribution in [0.15, 0.2) is 72.8 Å². The van der Waals surface area contributed by atoms with Crippen LogP contribution in [-0.4, -0.2) is 37.2 Å². The summed E-state index contributed by atoms with van der Waals surface area (Å²) in [5, 5.41) is 8.56. The molecule has 3 rings (SSSR count). The molecule has 0 heterocycles. The van der Waals surface area contributed by atoms with Crippen molar-refractivity contribution in [1.29, 1.82) is 0 Å². The quantitative estimate of drug-likeness (QED) is 0.297. The van der Waals surface area contributed by atoms with E-state index in [0.29, 0.717) is 11.1 Å². The van der Waals surface area contributed by atoms with Gasteiger partial charge in [-0.1, -0.05) is 17.8 Å². The van der Waals surface area contributed by atoms with E-state index < -0.39 is 5.97 Å². The first-order chi connectivity index (χ1) is 17.8. The van der Waals surface area contributed by atoms with Crippen LogP contribution in [-0.2, 0) is 9.47 Å². The maximum atomic E-state index is 11.0. The first kappa shape index (κ1) is 30.7. The molecule has 0 aliphatic carbocycles. The van der Waals surface area contributed by atoms with Crippen molar-refractivity contribution in [1.82, 2.24) is 0 Å². The molecule has 0 fully saturated rings. The summed E-state index contributed by atoms with van der Waals surface area (Å²) in [6, 6.07) is 19.9. The van der Waals surface area contributed by atoms with Gasteiger partial charge in [-0.05, 0) is 82.5 Å². The normalized spacial score (nSPS) is 8.51. The lowest BCUT2D eigenvalue weighted by atomic mass is 10.1. The summed E-state index contributed by atoms with van der Waals surface area (Å²) >= 11 is 5.95. The average molecular weight is 624 g/mol. The van der Waals surface area contributed by atoms with E-state index in [1.54, 1.807) is 60.7 Å². The maximum Gasteiger partial charge on any atom is 0.337 e. The molecule has 0 saturated heterocycles. The summed E-state index contributed by atoms with van der Waals surface area (Å²) in [5.74, 6) is 6.41. The van der Waals surface area contributed by atoms with Crippen LogP contribution in [0.25, 0.3) is 0 Å². The van der Waals surface area contributed by atoms with Gasteiger partial charge < -0.3 is 14.6 Å². The van der Waals surface area contributed by atoms with Crippen molar-refractivity contribution in [3.05, 3.63) is 106 Å². The number of carboxylic acid groups (broad SMARTS) is 1. The van der Waals surface area contributed by atoms with E-state index in [1.165, 1.54) is 26.4 Å². The van der Waals surface area contributed by atoms with Crippen molar-refractivity contribution in [3.63, 3.8) is 0 Å². The number of esters is 2. The Labute approximate surface area is 232 Å². The van der Waals surface area contributed by atoms with Gasteiger partial charge in [0.2, 0.25) is 0 Å². The molecule has 0 atom stereocenters. The van der Waals surface area contributed by atoms with Crippen molar-refractivity contribution >= 4 is 49.8 Å². The highest BCUT2D eigenvalue weighted by molar-refractivity contribution is 9.12. The van der Waals surface area contributed by atoms with Gasteiger partial charge in [0, 0.05) is 48.6 Å². The van der Waals surface area contributed by atoms with Gasteiger partial charge in [-0.2, -0.15) is 0 Å². The van der Waals surface area contributed by atoms with E-state index in [2.05, 4.69) is 68.8 Å². The minimum atomic E-state index is -0.923. The van der Waals surface area contributed by atoms with E-state index in [1.807, 2.05) is 0 Å². The first-order valence-corrected chi connectivity index (χ1v) is 11.8. The Hall–Kier alpha value is -4.29. The Morgan fingerprint density at radius 3 is 1.24 bits per heavy atom. The molecule has 186 valence electrons. The summed E-state index contributed by atoms with van der Waals surface area (Å²) in [6.45, 7) is 0. The highest BCUT2D eigenvalue weighted by atomic mass is 79.9. The Kier molecular flexibility index (Phi) is 14.3. The molecule has 6 nitrogen and oxygen atoms in total. The summed E-state index contributed by atoms with van der Waals surface area (Å²) in [6.07, 6.45) is 5.14. The van der Waals surface area contributed by atoms with Gasteiger partial charge in [-0.15, -0.1) is 6.42 Å². The monoisotopic (exact) mass is 622 g/mol. The fourth-order valence-corrected chi connectivity index (χ4v) is 2.89. The molecule has 0 amide bonds. The van der Waals surface area contributed by atoms with Crippen LogP contribution in [0.2, 0.25) is 0 Å². The third-order valence-corrected chi connectivity index (χ3v) is 4.69. The molecule has 0 saturated carbocycles. The predicted molar refractivity (Wildman–Crippen MR) is 149 cm³/mol. The lowest BCUT2D eigenvalue weighted by Gasteiger charge is -1.97. The van der Waals surface area contributed by atoms with E-state index in [0.717, 1.165) is 16.7 Å². The van der Waals surface area contributed by atoms with Gasteiger partial charge in [0.1, 0.15) is 0 Å². The number of carbonyl (C=O) groups is 3. The number of halogens is 2. The standard InChI is InChI=1S/C10H7BrO2.C10H8O2.C9H5BrO2/c1-13-10(12)9-4-2-8(3-5-9)6-7-11;1-3-8-4-6-9(7-5-8)10(11)12-2;10-6-5-7-1-3-8(4-2-7)9(11)12/h2-5H,1H3;1,4-7H,2H3;1-4H,(H,11,12). The number of hydrogen-bond acceptors (Lipinski definition) is 5. The fourth-order valence-electron chi connectivity index (χ4n) is 2.43. The van der Waals surface area contributed by atoms with Crippen LogP contribution >= 0.6 is 31.9 Å². The second-order valence-corrected chi connectivity index (χ2v) is 7.40. The molecule has 0 bridgehead atoms. The fraction of sp³-hybridized carbons (Fsp3) is 0.0690. The third kappa shape index (κ3) is 11.3. The number of carboxylic acids is 1. The molecule has 0 unspecified atom stereocenters. The van der Waals surface area contributed by atoms with Gasteiger partial charge in [-0.25, -0.2) is 14.4 Å². The van der Waals surface area contributed by atoms with Crippen molar-refractivity contribution in [3.8, 4) is 33.8 Å². The molecule has 8 heteroatoms. The number of hydrogen-bond donors (Lipinski definition) is 1. The summed E-state index contributed by atoms with van der Waals surface area (Å²) in [4.78, 5) is 37.5. The van der Waals surface area contributed by atoms with Crippen LogP contribution in [0.5, 0.6) is 0 Å². The molecule has 0 aliphatic rings. The van der Waals surface area contributed by atoms with E-state index in [4.69, 9.17) is 11.5 Å². The highest BCUT2D eigenvalue weighted by Crippen LogP contribution is 2.05. The zero-order valence-electron chi connectivity index (χ0n) is 19.7. The number of benzene rings is 3. The largest absolute Gasteiger partial charge is 0.478 e. The molecule has 0 spiro atoms. The van der Waals surface area contributed by atoms with Crippen LogP contribution < -0.4 is 0 Å². The molecule has 3 aromatic carbocycles. The predicted octanol–water partition coefficient (Wildman–Crippen LogP) is 5.72. The number of methoxy groups -OCH3 is 2. The second kappa shape index (κ2) is 17.2. The van der Waals surface area contributed by atoms with Gasteiger partial charge in [-0.3, -0.25) is 0 Å². The molecule has 1 N–H and O–H groups in total. The maximum absolute atomic E-state index is 11.0.